The zero-order valence-corrected chi connectivity index (χ0v) is 14.5. The van der Waals surface area contributed by atoms with Crippen molar-refractivity contribution in [3.63, 3.8) is 0 Å². The van der Waals surface area contributed by atoms with E-state index in [9.17, 15) is 18.0 Å². The molecule has 0 aliphatic carbocycles. The van der Waals surface area contributed by atoms with Crippen molar-refractivity contribution >= 4 is 11.6 Å². The molecule has 1 fully saturated rings. The number of hydrogen-bond acceptors (Lipinski definition) is 5. The van der Waals surface area contributed by atoms with Crippen molar-refractivity contribution in [3.8, 4) is 5.75 Å². The molecule has 0 bridgehead atoms. The fourth-order valence-corrected chi connectivity index (χ4v) is 3.15. The molecule has 0 spiro atoms. The summed E-state index contributed by atoms with van der Waals surface area (Å²) in [4.78, 5) is 14.1. The summed E-state index contributed by atoms with van der Waals surface area (Å²) in [7, 11) is 0. The van der Waals surface area contributed by atoms with Gasteiger partial charge >= 0.3 is 6.18 Å². The van der Waals surface area contributed by atoms with Gasteiger partial charge in [-0.15, -0.1) is 5.10 Å². The number of rotatable bonds is 3. The third-order valence-corrected chi connectivity index (χ3v) is 4.60. The predicted octanol–water partition coefficient (Wildman–Crippen LogP) is 2.37. The number of halogens is 3. The van der Waals surface area contributed by atoms with Crippen molar-refractivity contribution < 1.29 is 27.4 Å². The van der Waals surface area contributed by atoms with Crippen molar-refractivity contribution in [1.82, 2.24) is 15.0 Å². The molecule has 0 unspecified atom stereocenters. The van der Waals surface area contributed by atoms with E-state index >= 15 is 0 Å². The Balaban J connectivity index is 1.59. The van der Waals surface area contributed by atoms with Crippen molar-refractivity contribution in [2.75, 3.05) is 31.3 Å². The summed E-state index contributed by atoms with van der Waals surface area (Å²) in [6.07, 6.45) is -3.00. The molecule has 0 atom stereocenters. The molecule has 0 saturated carbocycles. The molecule has 27 heavy (non-hydrogen) atoms. The van der Waals surface area contributed by atoms with E-state index in [4.69, 9.17) is 9.47 Å². The lowest BCUT2D eigenvalue weighted by atomic mass is 9.89. The van der Waals surface area contributed by atoms with E-state index in [2.05, 4.69) is 10.3 Å². The average Bonchev–Trinajstić information content (AvgIpc) is 3.06. The van der Waals surface area contributed by atoms with Crippen LogP contribution in [0.2, 0.25) is 0 Å². The number of anilines is 1. The molecular formula is C17H17F3N4O3. The number of fused-ring (bicyclic) bond motifs is 1. The highest BCUT2D eigenvalue weighted by Gasteiger charge is 2.36. The number of carbonyl (C=O) groups excluding carboxylic acids is 1. The second-order valence-corrected chi connectivity index (χ2v) is 7.09. The summed E-state index contributed by atoms with van der Waals surface area (Å²) in [6, 6.07) is 3.08. The Morgan fingerprint density at radius 2 is 2.11 bits per heavy atom. The molecule has 0 radical (unpaired) electrons. The molecule has 2 aromatic rings. The number of hydrogen-bond donors (Lipinski definition) is 0. The predicted molar refractivity (Wildman–Crippen MR) is 87.6 cm³/mol. The first-order chi connectivity index (χ1) is 12.8. The van der Waals surface area contributed by atoms with Gasteiger partial charge < -0.3 is 9.47 Å². The lowest BCUT2D eigenvalue weighted by Crippen LogP contribution is -2.43. The highest BCUT2D eigenvalue weighted by atomic mass is 19.4. The van der Waals surface area contributed by atoms with Gasteiger partial charge in [0.05, 0.1) is 43.8 Å². The van der Waals surface area contributed by atoms with Crippen LogP contribution < -0.4 is 9.64 Å². The third kappa shape index (κ3) is 3.36. The maximum absolute atomic E-state index is 13.0. The Kier molecular flexibility index (Phi) is 4.10. The molecule has 3 heterocycles. The van der Waals surface area contributed by atoms with Gasteiger partial charge in [-0.2, -0.15) is 13.2 Å². The Labute approximate surface area is 152 Å². The number of aromatic nitrogens is 3. The molecule has 144 valence electrons. The topological polar surface area (TPSA) is 69.5 Å². The number of nitrogens with zero attached hydrogens (tertiary/aromatic N) is 4. The summed E-state index contributed by atoms with van der Waals surface area (Å²) in [5, 5.41) is 7.86. The summed E-state index contributed by atoms with van der Waals surface area (Å²) >= 11 is 0. The van der Waals surface area contributed by atoms with Gasteiger partial charge in [0, 0.05) is 5.41 Å². The van der Waals surface area contributed by atoms with E-state index in [1.807, 2.05) is 6.92 Å². The van der Waals surface area contributed by atoms with Gasteiger partial charge in [-0.05, 0) is 18.2 Å². The Morgan fingerprint density at radius 1 is 1.33 bits per heavy atom. The molecule has 2 aliphatic heterocycles. The van der Waals surface area contributed by atoms with Gasteiger partial charge in [-0.25, -0.2) is 0 Å². The van der Waals surface area contributed by atoms with Crippen LogP contribution in [0, 0.1) is 5.41 Å². The monoisotopic (exact) mass is 382 g/mol. The standard InChI is InChI=1S/C17H17F3N4O3/c1-16(9-26-10-16)8-23-7-12(21-22-23)15(25)24-4-5-27-14-3-2-11(6-13(14)24)17(18,19)20/h2-3,6-7H,4-5,8-10H2,1H3. The number of ether oxygens (including phenoxy) is 2. The molecule has 1 amide bonds. The number of carbonyl (C=O) groups is 1. The minimum Gasteiger partial charge on any atom is -0.490 e. The summed E-state index contributed by atoms with van der Waals surface area (Å²) in [6.45, 7) is 4.11. The highest BCUT2D eigenvalue weighted by molar-refractivity contribution is 6.05. The smallest absolute Gasteiger partial charge is 0.416 e. The van der Waals surface area contributed by atoms with Crippen molar-refractivity contribution in [1.29, 1.82) is 0 Å². The fraction of sp³-hybridized carbons (Fsp3) is 0.471. The van der Waals surface area contributed by atoms with Crippen LogP contribution in [0.5, 0.6) is 5.75 Å². The SMILES string of the molecule is CC1(Cn2cc(C(=O)N3CCOc4ccc(C(F)(F)F)cc43)nn2)COC1. The summed E-state index contributed by atoms with van der Waals surface area (Å²) in [5.74, 6) is -0.283. The molecule has 1 saturated heterocycles. The first-order valence-corrected chi connectivity index (χ1v) is 8.39. The molecular weight excluding hydrogens is 365 g/mol. The number of amides is 1. The molecule has 1 aromatic carbocycles. The normalized spacial score (nSPS) is 18.4. The van der Waals surface area contributed by atoms with Crippen LogP contribution in [-0.2, 0) is 17.5 Å². The van der Waals surface area contributed by atoms with Crippen LogP contribution in [0.4, 0.5) is 18.9 Å². The van der Waals surface area contributed by atoms with Crippen LogP contribution >= 0.6 is 0 Å². The molecule has 1 aromatic heterocycles. The Hall–Kier alpha value is -2.62. The maximum Gasteiger partial charge on any atom is 0.416 e. The van der Waals surface area contributed by atoms with Crippen LogP contribution in [0.15, 0.2) is 24.4 Å². The minimum absolute atomic E-state index is 0.0544. The Bertz CT molecular complexity index is 877. The van der Waals surface area contributed by atoms with E-state index in [1.54, 1.807) is 4.68 Å². The molecule has 4 rings (SSSR count). The third-order valence-electron chi connectivity index (χ3n) is 4.60. The van der Waals surface area contributed by atoms with Gasteiger partial charge in [-0.1, -0.05) is 12.1 Å². The second-order valence-electron chi connectivity index (χ2n) is 7.09. The minimum atomic E-state index is -4.51. The molecule has 7 nitrogen and oxygen atoms in total. The summed E-state index contributed by atoms with van der Waals surface area (Å²) in [5.41, 5.74) is -0.744. The highest BCUT2D eigenvalue weighted by Crippen LogP contribution is 2.38. The van der Waals surface area contributed by atoms with Crippen molar-refractivity contribution in [3.05, 3.63) is 35.7 Å². The van der Waals surface area contributed by atoms with E-state index in [0.29, 0.717) is 19.8 Å². The molecule has 0 N–H and O–H groups in total. The van der Waals surface area contributed by atoms with Crippen LogP contribution in [0.3, 0.4) is 0 Å². The van der Waals surface area contributed by atoms with Crippen LogP contribution in [-0.4, -0.2) is 47.3 Å². The maximum atomic E-state index is 13.0. The zero-order valence-electron chi connectivity index (χ0n) is 14.5. The largest absolute Gasteiger partial charge is 0.490 e. The lowest BCUT2D eigenvalue weighted by molar-refractivity contribution is -0.137. The van der Waals surface area contributed by atoms with Gasteiger partial charge in [0.25, 0.3) is 5.91 Å². The van der Waals surface area contributed by atoms with E-state index < -0.39 is 17.6 Å². The van der Waals surface area contributed by atoms with Gasteiger partial charge in [0.15, 0.2) is 5.69 Å². The first kappa shape index (κ1) is 17.8. The fourth-order valence-electron chi connectivity index (χ4n) is 3.15. The van der Waals surface area contributed by atoms with Crippen LogP contribution in [0.25, 0.3) is 0 Å². The first-order valence-electron chi connectivity index (χ1n) is 8.39. The van der Waals surface area contributed by atoms with E-state index in [0.717, 1.165) is 12.1 Å². The zero-order chi connectivity index (χ0) is 19.2. The summed E-state index contributed by atoms with van der Waals surface area (Å²) < 4.78 is 51.2. The molecule has 10 heteroatoms. The second kappa shape index (κ2) is 6.22. The van der Waals surface area contributed by atoms with Gasteiger partial charge in [0.1, 0.15) is 12.4 Å². The number of benzene rings is 1. The van der Waals surface area contributed by atoms with E-state index in [-0.39, 0.29) is 35.7 Å². The van der Waals surface area contributed by atoms with Crippen molar-refractivity contribution in [2.24, 2.45) is 5.41 Å². The van der Waals surface area contributed by atoms with E-state index in [1.165, 1.54) is 17.2 Å². The lowest BCUT2D eigenvalue weighted by Gasteiger charge is -2.37. The Morgan fingerprint density at radius 3 is 2.78 bits per heavy atom. The quantitative estimate of drug-likeness (QED) is 0.815. The van der Waals surface area contributed by atoms with Gasteiger partial charge in [-0.3, -0.25) is 14.4 Å². The number of alkyl halides is 3. The van der Waals surface area contributed by atoms with Crippen LogP contribution in [0.1, 0.15) is 23.0 Å². The van der Waals surface area contributed by atoms with Gasteiger partial charge in [0.2, 0.25) is 0 Å². The molecule has 2 aliphatic rings. The average molecular weight is 382 g/mol. The van der Waals surface area contributed by atoms with Crippen molar-refractivity contribution in [2.45, 2.75) is 19.6 Å².